The Bertz CT molecular complexity index is 1160. The number of nitrogens with one attached hydrogen (secondary N) is 1. The van der Waals surface area contributed by atoms with Gasteiger partial charge in [-0.3, -0.25) is 19.8 Å². The summed E-state index contributed by atoms with van der Waals surface area (Å²) in [5.41, 5.74) is -0.850. The molecule has 2 aromatic rings. The number of amides is 2. The molecule has 34 heavy (non-hydrogen) atoms. The van der Waals surface area contributed by atoms with E-state index in [9.17, 15) is 19.5 Å². The van der Waals surface area contributed by atoms with Gasteiger partial charge in [0.1, 0.15) is 11.5 Å². The average Bonchev–Trinajstić information content (AvgIpc) is 3.28. The fraction of sp³-hybridized carbons (Fsp3) is 0.423. The summed E-state index contributed by atoms with van der Waals surface area (Å²) >= 11 is 0. The van der Waals surface area contributed by atoms with E-state index in [-0.39, 0.29) is 0 Å². The summed E-state index contributed by atoms with van der Waals surface area (Å²) in [6.07, 6.45) is 0. The number of benzene rings is 2. The molecule has 0 aliphatic carbocycles. The highest BCUT2D eigenvalue weighted by atomic mass is 16.5. The van der Waals surface area contributed by atoms with Crippen LogP contribution in [0.15, 0.2) is 42.5 Å². The van der Waals surface area contributed by atoms with Crippen molar-refractivity contribution in [2.45, 2.75) is 44.8 Å². The second-order valence-corrected chi connectivity index (χ2v) is 9.80. The third-order valence-corrected chi connectivity index (χ3v) is 6.94. The largest absolute Gasteiger partial charge is 0.496 e. The minimum absolute atomic E-state index is 0.394. The summed E-state index contributed by atoms with van der Waals surface area (Å²) in [4.78, 5) is 41.8. The van der Waals surface area contributed by atoms with E-state index >= 15 is 0 Å². The Morgan fingerprint density at radius 3 is 2.21 bits per heavy atom. The van der Waals surface area contributed by atoms with Gasteiger partial charge in [-0.2, -0.15) is 0 Å². The molecule has 0 aromatic heterocycles. The van der Waals surface area contributed by atoms with Gasteiger partial charge in [-0.1, -0.05) is 36.4 Å². The highest BCUT2D eigenvalue weighted by Gasteiger charge is 2.70. The number of imide groups is 1. The highest BCUT2D eigenvalue weighted by Crippen LogP contribution is 2.55. The van der Waals surface area contributed by atoms with Crippen molar-refractivity contribution in [2.24, 2.45) is 11.8 Å². The van der Waals surface area contributed by atoms with Crippen molar-refractivity contribution >= 4 is 17.8 Å². The van der Waals surface area contributed by atoms with Crippen molar-refractivity contribution in [2.75, 3.05) is 14.2 Å². The average molecular weight is 467 g/mol. The molecule has 2 aliphatic rings. The van der Waals surface area contributed by atoms with E-state index in [0.29, 0.717) is 22.6 Å². The molecule has 2 aliphatic heterocycles. The fourth-order valence-corrected chi connectivity index (χ4v) is 5.55. The molecular formula is C26H30N2O6. The molecule has 0 spiro atoms. The molecule has 2 amide bonds. The standard InChI is InChI=1S/C26H30N2O6/c1-14-17(33-5)13-12-16(21(14)34-6)20-18-19(23(30)28(22(18)29)25(2,3)4)26(27-20,24(31)32)15-10-8-7-9-11-15/h7-13,18-20,27H,1-6H3,(H,31,32). The quantitative estimate of drug-likeness (QED) is 0.653. The maximum atomic E-state index is 13.8. The number of carbonyl (C=O) groups is 3. The summed E-state index contributed by atoms with van der Waals surface area (Å²) in [6, 6.07) is 11.3. The number of methoxy groups -OCH3 is 2. The maximum absolute atomic E-state index is 13.8. The Labute approximate surface area is 198 Å². The van der Waals surface area contributed by atoms with Crippen LogP contribution in [0.5, 0.6) is 11.5 Å². The van der Waals surface area contributed by atoms with Gasteiger partial charge in [-0.15, -0.1) is 0 Å². The van der Waals surface area contributed by atoms with Crippen LogP contribution < -0.4 is 14.8 Å². The predicted octanol–water partition coefficient (Wildman–Crippen LogP) is 3.04. The summed E-state index contributed by atoms with van der Waals surface area (Å²) < 4.78 is 11.1. The molecule has 4 rings (SSSR count). The lowest BCUT2D eigenvalue weighted by Crippen LogP contribution is -2.55. The molecule has 2 aromatic carbocycles. The van der Waals surface area contributed by atoms with Gasteiger partial charge in [-0.05, 0) is 39.3 Å². The molecule has 8 heteroatoms. The van der Waals surface area contributed by atoms with Crippen LogP contribution in [0, 0.1) is 18.8 Å². The van der Waals surface area contributed by atoms with E-state index in [1.165, 1.54) is 12.0 Å². The summed E-state index contributed by atoms with van der Waals surface area (Å²) in [5.74, 6) is -3.06. The topological polar surface area (TPSA) is 105 Å². The summed E-state index contributed by atoms with van der Waals surface area (Å²) in [7, 11) is 3.07. The number of ether oxygens (including phenoxy) is 2. The zero-order valence-electron chi connectivity index (χ0n) is 20.2. The lowest BCUT2D eigenvalue weighted by Gasteiger charge is -2.35. The number of nitrogens with zero attached hydrogens (tertiary/aromatic N) is 1. The molecule has 2 N–H and O–H groups in total. The number of carboxylic acids is 1. The van der Waals surface area contributed by atoms with E-state index in [1.54, 1.807) is 70.3 Å². The van der Waals surface area contributed by atoms with Crippen molar-refractivity contribution in [3.63, 3.8) is 0 Å². The molecule has 180 valence electrons. The minimum Gasteiger partial charge on any atom is -0.496 e. The van der Waals surface area contributed by atoms with Crippen LogP contribution in [-0.4, -0.2) is 47.5 Å². The Hall–Kier alpha value is -3.39. The molecule has 0 radical (unpaired) electrons. The van der Waals surface area contributed by atoms with Gasteiger partial charge in [0.05, 0.1) is 26.1 Å². The van der Waals surface area contributed by atoms with Crippen LogP contribution in [0.3, 0.4) is 0 Å². The van der Waals surface area contributed by atoms with Gasteiger partial charge in [0.15, 0.2) is 5.54 Å². The van der Waals surface area contributed by atoms with Gasteiger partial charge >= 0.3 is 5.97 Å². The first kappa shape index (κ1) is 23.8. The van der Waals surface area contributed by atoms with Crippen LogP contribution in [0.4, 0.5) is 0 Å². The van der Waals surface area contributed by atoms with Crippen LogP contribution in [0.2, 0.25) is 0 Å². The number of hydrogen-bond donors (Lipinski definition) is 2. The van der Waals surface area contributed by atoms with Crippen LogP contribution in [0.1, 0.15) is 43.5 Å². The Morgan fingerprint density at radius 1 is 1.03 bits per heavy atom. The number of aliphatic carboxylic acids is 1. The van der Waals surface area contributed by atoms with Crippen LogP contribution >= 0.6 is 0 Å². The van der Waals surface area contributed by atoms with Gasteiger partial charge in [0, 0.05) is 22.7 Å². The normalized spacial score (nSPS) is 26.5. The number of carbonyl (C=O) groups excluding carboxylic acids is 2. The molecule has 2 saturated heterocycles. The van der Waals surface area contributed by atoms with Gasteiger partial charge in [0.25, 0.3) is 0 Å². The number of rotatable bonds is 5. The van der Waals surface area contributed by atoms with Gasteiger partial charge < -0.3 is 14.6 Å². The first-order chi connectivity index (χ1) is 16.0. The lowest BCUT2D eigenvalue weighted by atomic mass is 9.75. The zero-order chi connectivity index (χ0) is 25.0. The monoisotopic (exact) mass is 466 g/mol. The molecular weight excluding hydrogens is 436 g/mol. The summed E-state index contributed by atoms with van der Waals surface area (Å²) in [6.45, 7) is 7.15. The smallest absolute Gasteiger partial charge is 0.329 e. The van der Waals surface area contributed by atoms with E-state index in [4.69, 9.17) is 9.47 Å². The molecule has 2 heterocycles. The second-order valence-electron chi connectivity index (χ2n) is 9.80. The van der Waals surface area contributed by atoms with E-state index in [2.05, 4.69) is 5.32 Å². The summed E-state index contributed by atoms with van der Waals surface area (Å²) in [5, 5.41) is 13.8. The number of hydrogen-bond acceptors (Lipinski definition) is 6. The predicted molar refractivity (Wildman–Crippen MR) is 125 cm³/mol. The Morgan fingerprint density at radius 2 is 1.68 bits per heavy atom. The molecule has 0 bridgehead atoms. The number of carboxylic acid groups (broad SMARTS) is 1. The number of likely N-dealkylation sites (tertiary alicyclic amines) is 1. The lowest BCUT2D eigenvalue weighted by molar-refractivity contribution is -0.154. The van der Waals surface area contributed by atoms with Gasteiger partial charge in [0.2, 0.25) is 11.8 Å². The third kappa shape index (κ3) is 3.20. The maximum Gasteiger partial charge on any atom is 0.329 e. The molecule has 0 saturated carbocycles. The van der Waals surface area contributed by atoms with E-state index in [0.717, 1.165) is 5.56 Å². The molecule has 4 unspecified atom stereocenters. The fourth-order valence-electron chi connectivity index (χ4n) is 5.55. The first-order valence-electron chi connectivity index (χ1n) is 11.2. The first-order valence-corrected chi connectivity index (χ1v) is 11.2. The van der Waals surface area contributed by atoms with Crippen molar-refractivity contribution in [3.05, 3.63) is 59.2 Å². The third-order valence-electron chi connectivity index (χ3n) is 6.94. The van der Waals surface area contributed by atoms with E-state index in [1.807, 2.05) is 6.92 Å². The van der Waals surface area contributed by atoms with Gasteiger partial charge in [-0.25, -0.2) is 4.79 Å². The highest BCUT2D eigenvalue weighted by molar-refractivity contribution is 6.10. The van der Waals surface area contributed by atoms with Crippen molar-refractivity contribution in [1.29, 1.82) is 0 Å². The van der Waals surface area contributed by atoms with E-state index < -0.39 is 46.7 Å². The van der Waals surface area contributed by atoms with Crippen LogP contribution in [0.25, 0.3) is 0 Å². The number of fused-ring (bicyclic) bond motifs is 1. The van der Waals surface area contributed by atoms with Crippen molar-refractivity contribution in [1.82, 2.24) is 10.2 Å². The second kappa shape index (κ2) is 8.13. The zero-order valence-corrected chi connectivity index (χ0v) is 20.2. The van der Waals surface area contributed by atoms with Crippen molar-refractivity contribution in [3.8, 4) is 11.5 Å². The minimum atomic E-state index is -1.79. The SMILES string of the molecule is COc1ccc(C2NC(C(=O)O)(c3ccccc3)C3C(=O)N(C(C)(C)C)C(=O)C23)c(OC)c1C. The Balaban J connectivity index is 2.00. The van der Waals surface area contributed by atoms with Crippen LogP contribution in [-0.2, 0) is 19.9 Å². The Kier molecular flexibility index (Phi) is 5.68. The van der Waals surface area contributed by atoms with Crippen molar-refractivity contribution < 1.29 is 29.0 Å². The molecule has 8 nitrogen and oxygen atoms in total. The molecule has 2 fully saturated rings. The molecule has 4 atom stereocenters.